The summed E-state index contributed by atoms with van der Waals surface area (Å²) < 4.78 is 20.0. The topological polar surface area (TPSA) is 67.2 Å². The number of pyridine rings is 1. The Morgan fingerprint density at radius 2 is 1.78 bits per heavy atom. The van der Waals surface area contributed by atoms with Crippen molar-refractivity contribution in [2.75, 3.05) is 7.11 Å². The van der Waals surface area contributed by atoms with E-state index in [1.807, 2.05) is 0 Å². The molecule has 2 N–H and O–H groups in total. The van der Waals surface area contributed by atoms with Gasteiger partial charge in [-0.05, 0) is 48.0 Å². The number of aromatic nitrogens is 2. The van der Waals surface area contributed by atoms with Crippen molar-refractivity contribution < 1.29 is 14.2 Å². The van der Waals surface area contributed by atoms with Gasteiger partial charge in [0.2, 0.25) is 0 Å². The van der Waals surface area contributed by atoms with Gasteiger partial charge in [-0.3, -0.25) is 9.36 Å². The van der Waals surface area contributed by atoms with Crippen molar-refractivity contribution in [3.05, 3.63) is 75.9 Å². The summed E-state index contributed by atoms with van der Waals surface area (Å²) in [5, 5.41) is 11.2. The van der Waals surface area contributed by atoms with Crippen LogP contribution in [0, 0.1) is 5.82 Å². The Labute approximate surface area is 158 Å². The molecule has 0 saturated heterocycles. The van der Waals surface area contributed by atoms with E-state index >= 15 is 0 Å². The van der Waals surface area contributed by atoms with Crippen molar-refractivity contribution in [3.8, 4) is 28.3 Å². The maximum absolute atomic E-state index is 13.2. The smallest absolute Gasteiger partial charge is 0.260 e. The van der Waals surface area contributed by atoms with Crippen LogP contribution in [0.15, 0.2) is 59.4 Å². The predicted molar refractivity (Wildman–Crippen MR) is 103 cm³/mol. The molecule has 0 amide bonds. The molecule has 0 radical (unpaired) electrons. The fraction of sp³-hybridized carbons (Fsp3) is 0.0500. The highest BCUT2D eigenvalue weighted by atomic mass is 35.5. The van der Waals surface area contributed by atoms with Crippen LogP contribution in [0.1, 0.15) is 0 Å². The van der Waals surface area contributed by atoms with E-state index < -0.39 is 11.4 Å². The van der Waals surface area contributed by atoms with Gasteiger partial charge in [0.05, 0.1) is 18.2 Å². The molecule has 0 atom stereocenters. The molecule has 0 aliphatic heterocycles. The van der Waals surface area contributed by atoms with Crippen LogP contribution in [-0.2, 0) is 0 Å². The first-order valence-electron chi connectivity index (χ1n) is 8.06. The van der Waals surface area contributed by atoms with E-state index in [2.05, 4.69) is 4.98 Å². The summed E-state index contributed by atoms with van der Waals surface area (Å²) in [6, 6.07) is 14.0. The lowest BCUT2D eigenvalue weighted by atomic mass is 10.1. The molecule has 136 valence electrons. The number of nitrogens with one attached hydrogen (secondary N) is 1. The maximum atomic E-state index is 13.2. The van der Waals surface area contributed by atoms with E-state index in [0.29, 0.717) is 33.2 Å². The molecule has 2 aromatic carbocycles. The number of aromatic amines is 1. The molecular weight excluding hydrogens is 371 g/mol. The summed E-state index contributed by atoms with van der Waals surface area (Å²) in [5.41, 5.74) is 1.38. The second-order valence-corrected chi connectivity index (χ2v) is 6.33. The highest BCUT2D eigenvalue weighted by Gasteiger charge is 2.20. The number of H-pyrrole nitrogens is 1. The van der Waals surface area contributed by atoms with Crippen LogP contribution in [0.3, 0.4) is 0 Å². The maximum Gasteiger partial charge on any atom is 0.260 e. The zero-order valence-corrected chi connectivity index (χ0v) is 14.9. The third-order valence-electron chi connectivity index (χ3n) is 4.36. The lowest BCUT2D eigenvalue weighted by molar-refractivity contribution is 0.415. The molecule has 0 unspecified atom stereocenters. The number of ether oxygens (including phenoxy) is 1. The number of halogens is 2. The number of hydrogen-bond acceptors (Lipinski definition) is 3. The van der Waals surface area contributed by atoms with Crippen molar-refractivity contribution in [2.24, 2.45) is 0 Å². The van der Waals surface area contributed by atoms with Gasteiger partial charge in [-0.25, -0.2) is 4.39 Å². The van der Waals surface area contributed by atoms with E-state index in [1.165, 1.54) is 24.3 Å². The fourth-order valence-corrected chi connectivity index (χ4v) is 3.38. The van der Waals surface area contributed by atoms with Crippen molar-refractivity contribution in [3.63, 3.8) is 0 Å². The molecule has 0 spiro atoms. The minimum Gasteiger partial charge on any atom is -0.505 e. The highest BCUT2D eigenvalue weighted by Crippen LogP contribution is 2.37. The number of methoxy groups -OCH3 is 1. The molecule has 0 saturated carbocycles. The number of aromatic hydroxyl groups is 1. The van der Waals surface area contributed by atoms with Gasteiger partial charge in [-0.15, -0.1) is 0 Å². The van der Waals surface area contributed by atoms with Crippen molar-refractivity contribution in [2.45, 2.75) is 0 Å². The average molecular weight is 385 g/mol. The molecule has 0 fully saturated rings. The third kappa shape index (κ3) is 2.84. The molecule has 4 aromatic rings. The normalized spacial score (nSPS) is 11.1. The second kappa shape index (κ2) is 6.48. The summed E-state index contributed by atoms with van der Waals surface area (Å²) in [5.74, 6) is 0.0134. The molecular formula is C20H14ClFN2O3. The Morgan fingerprint density at radius 1 is 1.11 bits per heavy atom. The number of rotatable bonds is 3. The summed E-state index contributed by atoms with van der Waals surface area (Å²) in [6.45, 7) is 0. The van der Waals surface area contributed by atoms with Gasteiger partial charge in [0.15, 0.2) is 5.75 Å². The Balaban J connectivity index is 2.00. The van der Waals surface area contributed by atoms with E-state index in [4.69, 9.17) is 16.3 Å². The first-order chi connectivity index (χ1) is 13.0. The minimum atomic E-state index is -0.491. The summed E-state index contributed by atoms with van der Waals surface area (Å²) in [4.78, 5) is 15.2. The van der Waals surface area contributed by atoms with Crippen molar-refractivity contribution >= 4 is 22.6 Å². The van der Waals surface area contributed by atoms with Gasteiger partial charge < -0.3 is 14.8 Å². The fourth-order valence-electron chi connectivity index (χ4n) is 3.09. The summed E-state index contributed by atoms with van der Waals surface area (Å²) in [6.07, 6.45) is 0. The quantitative estimate of drug-likeness (QED) is 0.546. The van der Waals surface area contributed by atoms with Crippen LogP contribution in [0.25, 0.3) is 27.8 Å². The van der Waals surface area contributed by atoms with Crippen LogP contribution in [0.4, 0.5) is 4.39 Å². The predicted octanol–water partition coefficient (Wildman–Crippen LogP) is 4.49. The second-order valence-electron chi connectivity index (χ2n) is 5.95. The molecule has 2 heterocycles. The molecule has 0 aliphatic carbocycles. The van der Waals surface area contributed by atoms with Crippen molar-refractivity contribution in [1.29, 1.82) is 0 Å². The zero-order valence-electron chi connectivity index (χ0n) is 14.2. The molecule has 5 nitrogen and oxygen atoms in total. The van der Waals surface area contributed by atoms with Crippen LogP contribution in [-0.4, -0.2) is 21.8 Å². The van der Waals surface area contributed by atoms with E-state index in [1.54, 1.807) is 42.0 Å². The highest BCUT2D eigenvalue weighted by molar-refractivity contribution is 6.31. The van der Waals surface area contributed by atoms with Gasteiger partial charge in [-0.2, -0.15) is 0 Å². The Kier molecular flexibility index (Phi) is 4.12. The van der Waals surface area contributed by atoms with Crippen molar-refractivity contribution in [1.82, 2.24) is 9.55 Å². The number of hydrogen-bond donors (Lipinski definition) is 2. The molecule has 4 rings (SSSR count). The lowest BCUT2D eigenvalue weighted by Gasteiger charge is -2.11. The van der Waals surface area contributed by atoms with Gasteiger partial charge in [-0.1, -0.05) is 23.7 Å². The standard InChI is InChI=1S/C20H14ClFN2O3/c1-27-14-8-6-13(7-9-14)24-16(21)10-15-18(24)19(25)17(20(26)23-15)11-2-4-12(22)5-3-11/h2-10H,1H3,(H2,23,25,26). The zero-order chi connectivity index (χ0) is 19.1. The first-order valence-corrected chi connectivity index (χ1v) is 8.44. The van der Waals surface area contributed by atoms with Crippen LogP contribution >= 0.6 is 11.6 Å². The van der Waals surface area contributed by atoms with Crippen LogP contribution in [0.5, 0.6) is 11.5 Å². The van der Waals surface area contributed by atoms with Gasteiger partial charge in [0.1, 0.15) is 22.2 Å². The number of benzene rings is 2. The SMILES string of the molecule is COc1ccc(-n2c(Cl)cc3[nH]c(=O)c(-c4ccc(F)cc4)c(O)c32)cc1. The number of nitrogens with zero attached hydrogens (tertiary/aromatic N) is 1. The third-order valence-corrected chi connectivity index (χ3v) is 4.63. The lowest BCUT2D eigenvalue weighted by Crippen LogP contribution is -2.09. The van der Waals surface area contributed by atoms with Gasteiger partial charge in [0.25, 0.3) is 5.56 Å². The summed E-state index contributed by atoms with van der Waals surface area (Å²) in [7, 11) is 1.57. The average Bonchev–Trinajstić information content (AvgIpc) is 2.99. The largest absolute Gasteiger partial charge is 0.505 e. The Bertz CT molecular complexity index is 1200. The minimum absolute atomic E-state index is 0.0482. The van der Waals surface area contributed by atoms with E-state index in [-0.39, 0.29) is 11.3 Å². The van der Waals surface area contributed by atoms with Gasteiger partial charge >= 0.3 is 0 Å². The molecule has 27 heavy (non-hydrogen) atoms. The Hall–Kier alpha value is -3.25. The van der Waals surface area contributed by atoms with Crippen LogP contribution < -0.4 is 10.3 Å². The Morgan fingerprint density at radius 3 is 2.41 bits per heavy atom. The van der Waals surface area contributed by atoms with E-state index in [0.717, 1.165) is 0 Å². The monoisotopic (exact) mass is 384 g/mol. The first kappa shape index (κ1) is 17.2. The molecule has 2 aromatic heterocycles. The van der Waals surface area contributed by atoms with E-state index in [9.17, 15) is 14.3 Å². The van der Waals surface area contributed by atoms with Crippen LogP contribution in [0.2, 0.25) is 5.15 Å². The molecule has 0 bridgehead atoms. The van der Waals surface area contributed by atoms with Gasteiger partial charge in [0, 0.05) is 5.69 Å². The molecule has 7 heteroatoms. The molecule has 0 aliphatic rings. The summed E-state index contributed by atoms with van der Waals surface area (Å²) >= 11 is 6.37. The number of fused-ring (bicyclic) bond motifs is 1.